The van der Waals surface area contributed by atoms with Crippen LogP contribution in [0.15, 0.2) is 70.6 Å². The third kappa shape index (κ3) is 4.74. The van der Waals surface area contributed by atoms with Crippen molar-refractivity contribution in [3.05, 3.63) is 82.1 Å². The minimum absolute atomic E-state index is 0.0875. The maximum atomic E-state index is 13.5. The smallest absolute Gasteiger partial charge is 0.266 e. The summed E-state index contributed by atoms with van der Waals surface area (Å²) in [5.41, 5.74) is 3.79. The first-order valence-electron chi connectivity index (χ1n) is 11.4. The van der Waals surface area contributed by atoms with Gasteiger partial charge in [0.2, 0.25) is 5.91 Å². The van der Waals surface area contributed by atoms with E-state index in [4.69, 9.17) is 14.5 Å². The maximum Gasteiger partial charge on any atom is 0.266 e. The molecule has 35 heavy (non-hydrogen) atoms. The number of nitrogens with zero attached hydrogens (tertiary/aromatic N) is 2. The van der Waals surface area contributed by atoms with Gasteiger partial charge in [-0.05, 0) is 49.2 Å². The van der Waals surface area contributed by atoms with Gasteiger partial charge in [-0.1, -0.05) is 42.1 Å². The molecule has 0 radical (unpaired) electrons. The van der Waals surface area contributed by atoms with Crippen LogP contribution in [-0.2, 0) is 4.79 Å². The van der Waals surface area contributed by atoms with Gasteiger partial charge >= 0.3 is 0 Å². The van der Waals surface area contributed by atoms with Crippen LogP contribution in [0.3, 0.4) is 0 Å². The van der Waals surface area contributed by atoms with Crippen molar-refractivity contribution in [3.63, 3.8) is 0 Å². The average molecular weight is 488 g/mol. The Hall–Kier alpha value is -3.78. The number of hydrogen-bond donors (Lipinski definition) is 1. The topological polar surface area (TPSA) is 82.5 Å². The highest BCUT2D eigenvalue weighted by atomic mass is 32.2. The molecule has 1 aliphatic heterocycles. The minimum atomic E-state index is -0.208. The van der Waals surface area contributed by atoms with Gasteiger partial charge in [0.15, 0.2) is 16.7 Å². The standard InChI is InChI=1S/C27H25N3O4S/c1-17-7-5-8-18(2)25(17)30-26(32)20-9-3-4-10-21(20)29-27(30)35-16-24(31)28-19-11-12-22-23(15-19)34-14-6-13-33-22/h3-5,7-12,15H,6,13-14,16H2,1-2H3,(H,28,31). The third-order valence-electron chi connectivity index (χ3n) is 5.77. The summed E-state index contributed by atoms with van der Waals surface area (Å²) in [7, 11) is 0. The molecule has 1 aromatic heterocycles. The van der Waals surface area contributed by atoms with Crippen LogP contribution in [0.5, 0.6) is 11.5 Å². The summed E-state index contributed by atoms with van der Waals surface area (Å²) in [4.78, 5) is 31.1. The Morgan fingerprint density at radius 2 is 1.74 bits per heavy atom. The second-order valence-electron chi connectivity index (χ2n) is 8.34. The SMILES string of the molecule is Cc1cccc(C)c1-n1c(SCC(=O)Nc2ccc3c(c2)OCCCO3)nc2ccccc2c1=O. The summed E-state index contributed by atoms with van der Waals surface area (Å²) >= 11 is 1.23. The van der Waals surface area contributed by atoms with Gasteiger partial charge in [0.05, 0.1) is 35.6 Å². The highest BCUT2D eigenvalue weighted by Gasteiger charge is 2.18. The number of fused-ring (bicyclic) bond motifs is 2. The average Bonchev–Trinajstić information content (AvgIpc) is 3.09. The molecule has 0 unspecified atom stereocenters. The fourth-order valence-corrected chi connectivity index (χ4v) is 4.93. The molecule has 3 aromatic carbocycles. The molecule has 2 heterocycles. The Morgan fingerprint density at radius 3 is 2.54 bits per heavy atom. The van der Waals surface area contributed by atoms with E-state index in [1.165, 1.54) is 11.8 Å². The summed E-state index contributed by atoms with van der Waals surface area (Å²) in [6.45, 7) is 5.12. The van der Waals surface area contributed by atoms with Crippen LogP contribution in [0, 0.1) is 13.8 Å². The largest absolute Gasteiger partial charge is 0.490 e. The van der Waals surface area contributed by atoms with E-state index in [0.29, 0.717) is 46.5 Å². The minimum Gasteiger partial charge on any atom is -0.490 e. The van der Waals surface area contributed by atoms with Gasteiger partial charge in [0.1, 0.15) is 0 Å². The number of carbonyl (C=O) groups is 1. The molecule has 0 aliphatic carbocycles. The van der Waals surface area contributed by atoms with E-state index in [1.54, 1.807) is 28.8 Å². The zero-order chi connectivity index (χ0) is 24.4. The quantitative estimate of drug-likeness (QED) is 0.319. The van der Waals surface area contributed by atoms with Crippen LogP contribution >= 0.6 is 11.8 Å². The van der Waals surface area contributed by atoms with Crippen molar-refractivity contribution < 1.29 is 14.3 Å². The Kier molecular flexibility index (Phi) is 6.46. The van der Waals surface area contributed by atoms with Crippen LogP contribution in [0.1, 0.15) is 17.5 Å². The molecule has 7 nitrogen and oxygen atoms in total. The van der Waals surface area contributed by atoms with Crippen molar-refractivity contribution in [1.29, 1.82) is 0 Å². The van der Waals surface area contributed by atoms with E-state index < -0.39 is 0 Å². The molecule has 0 spiro atoms. The lowest BCUT2D eigenvalue weighted by Gasteiger charge is -2.17. The summed E-state index contributed by atoms with van der Waals surface area (Å²) in [5.74, 6) is 1.17. The van der Waals surface area contributed by atoms with Gasteiger partial charge < -0.3 is 14.8 Å². The van der Waals surface area contributed by atoms with Crippen LogP contribution in [-0.4, -0.2) is 34.4 Å². The van der Waals surface area contributed by atoms with Crippen molar-refractivity contribution >= 4 is 34.3 Å². The van der Waals surface area contributed by atoms with Crippen molar-refractivity contribution in [3.8, 4) is 17.2 Å². The molecule has 5 rings (SSSR count). The maximum absolute atomic E-state index is 13.5. The lowest BCUT2D eigenvalue weighted by Crippen LogP contribution is -2.24. The van der Waals surface area contributed by atoms with Gasteiger partial charge in [-0.25, -0.2) is 4.98 Å². The summed E-state index contributed by atoms with van der Waals surface area (Å²) in [6.07, 6.45) is 0.813. The number of thioether (sulfide) groups is 1. The van der Waals surface area contributed by atoms with E-state index in [9.17, 15) is 9.59 Å². The molecule has 0 atom stereocenters. The number of hydrogen-bond acceptors (Lipinski definition) is 6. The van der Waals surface area contributed by atoms with Gasteiger partial charge in [-0.3, -0.25) is 14.2 Å². The van der Waals surface area contributed by atoms with Crippen molar-refractivity contribution in [2.75, 3.05) is 24.3 Å². The van der Waals surface area contributed by atoms with Crippen molar-refractivity contribution in [1.82, 2.24) is 9.55 Å². The fraction of sp³-hybridized carbons (Fsp3) is 0.222. The zero-order valence-corrected chi connectivity index (χ0v) is 20.4. The van der Waals surface area contributed by atoms with Crippen LogP contribution in [0.2, 0.25) is 0 Å². The molecule has 1 aliphatic rings. The van der Waals surface area contributed by atoms with Crippen molar-refractivity contribution in [2.45, 2.75) is 25.4 Å². The van der Waals surface area contributed by atoms with Crippen LogP contribution in [0.4, 0.5) is 5.69 Å². The van der Waals surface area contributed by atoms with E-state index in [0.717, 1.165) is 23.2 Å². The molecule has 4 aromatic rings. The first-order valence-corrected chi connectivity index (χ1v) is 12.4. The van der Waals surface area contributed by atoms with Crippen LogP contribution < -0.4 is 20.3 Å². The molecule has 178 valence electrons. The first kappa shape index (κ1) is 23.0. The molecule has 1 N–H and O–H groups in total. The van der Waals surface area contributed by atoms with E-state index >= 15 is 0 Å². The first-order chi connectivity index (χ1) is 17.0. The van der Waals surface area contributed by atoms with Crippen LogP contribution in [0.25, 0.3) is 16.6 Å². The van der Waals surface area contributed by atoms with Gasteiger partial charge in [0.25, 0.3) is 5.56 Å². The Labute approximate surface area is 207 Å². The summed E-state index contributed by atoms with van der Waals surface area (Å²) in [5, 5.41) is 3.92. The normalized spacial score (nSPS) is 12.9. The predicted molar refractivity (Wildman–Crippen MR) is 138 cm³/mol. The number of para-hydroxylation sites is 2. The highest BCUT2D eigenvalue weighted by molar-refractivity contribution is 7.99. The second-order valence-corrected chi connectivity index (χ2v) is 9.28. The van der Waals surface area contributed by atoms with E-state index in [2.05, 4.69) is 5.32 Å². The fourth-order valence-electron chi connectivity index (χ4n) is 4.13. The number of aromatic nitrogens is 2. The highest BCUT2D eigenvalue weighted by Crippen LogP contribution is 2.32. The molecule has 0 bridgehead atoms. The molecular formula is C27H25N3O4S. The molecule has 1 amide bonds. The van der Waals surface area contributed by atoms with Crippen molar-refractivity contribution in [2.24, 2.45) is 0 Å². The molecular weight excluding hydrogens is 462 g/mol. The monoisotopic (exact) mass is 487 g/mol. The third-order valence-corrected chi connectivity index (χ3v) is 6.71. The zero-order valence-electron chi connectivity index (χ0n) is 19.5. The second kappa shape index (κ2) is 9.84. The van der Waals surface area contributed by atoms with E-state index in [1.807, 2.05) is 50.2 Å². The molecule has 0 saturated carbocycles. The summed E-state index contributed by atoms with van der Waals surface area (Å²) < 4.78 is 13.0. The molecule has 8 heteroatoms. The van der Waals surface area contributed by atoms with E-state index in [-0.39, 0.29) is 17.2 Å². The number of rotatable bonds is 5. The summed E-state index contributed by atoms with van der Waals surface area (Å²) in [6, 6.07) is 18.5. The Morgan fingerprint density at radius 1 is 1.00 bits per heavy atom. The number of ether oxygens (including phenoxy) is 2. The number of nitrogens with one attached hydrogen (secondary N) is 1. The van der Waals surface area contributed by atoms with Gasteiger partial charge in [0, 0.05) is 18.2 Å². The molecule has 0 fully saturated rings. The van der Waals surface area contributed by atoms with Gasteiger partial charge in [-0.2, -0.15) is 0 Å². The molecule has 0 saturated heterocycles. The number of benzene rings is 3. The Bertz CT molecular complexity index is 1460. The Balaban J connectivity index is 1.44. The predicted octanol–water partition coefficient (Wildman–Crippen LogP) is 4.89. The van der Waals surface area contributed by atoms with Gasteiger partial charge in [-0.15, -0.1) is 0 Å². The number of anilines is 1. The number of aryl methyl sites for hydroxylation is 2. The lowest BCUT2D eigenvalue weighted by molar-refractivity contribution is -0.113. The number of carbonyl (C=O) groups excluding carboxylic acids is 1. The lowest BCUT2D eigenvalue weighted by atomic mass is 10.1. The number of amides is 1.